The standard InChI is InChI=1S/C40H45F3N8O4/c1-6-29-32(42)9-8-26-14-28(55-22-53-5)15-30(33(26)29)35-34(43)36-31(17-44-35)37(46-38(45-36)54-21-40-11-7-12-49(40)20-27(41)16-40)48-18-24(3)51(25(4)19-48)39(52)50-13-10-23(2)47-50/h8-10,13-15,17,24-25,27H,6-7,11-12,16,18-22H2,1-5H3/t24-,25+,27-,40+/m1/s1. The summed E-state index contributed by atoms with van der Waals surface area (Å²) in [5.41, 5.74) is 0.937. The fourth-order valence-electron chi connectivity index (χ4n) is 8.91. The van der Waals surface area contributed by atoms with Gasteiger partial charge < -0.3 is 24.0 Å². The maximum atomic E-state index is 17.3. The van der Waals surface area contributed by atoms with Gasteiger partial charge in [0, 0.05) is 63.2 Å². The van der Waals surface area contributed by atoms with Gasteiger partial charge in [-0.25, -0.2) is 18.0 Å². The van der Waals surface area contributed by atoms with Crippen LogP contribution in [0.15, 0.2) is 42.7 Å². The number of piperazine rings is 1. The van der Waals surface area contributed by atoms with Crippen molar-refractivity contribution < 1.29 is 32.2 Å². The zero-order valence-corrected chi connectivity index (χ0v) is 31.7. The molecule has 6 heterocycles. The summed E-state index contributed by atoms with van der Waals surface area (Å²) in [6.07, 6.45) is 4.65. The van der Waals surface area contributed by atoms with Crippen LogP contribution < -0.4 is 14.4 Å². The van der Waals surface area contributed by atoms with Crippen LogP contribution in [0.2, 0.25) is 0 Å². The number of hydrogen-bond acceptors (Lipinski definition) is 10. The molecule has 0 N–H and O–H groups in total. The van der Waals surface area contributed by atoms with Crippen molar-refractivity contribution in [3.8, 4) is 23.0 Å². The van der Waals surface area contributed by atoms with Crippen LogP contribution in [0.25, 0.3) is 32.9 Å². The number of nitrogens with zero attached hydrogens (tertiary/aromatic N) is 8. The summed E-state index contributed by atoms with van der Waals surface area (Å²) in [4.78, 5) is 33.7. The molecule has 3 saturated heterocycles. The van der Waals surface area contributed by atoms with Crippen molar-refractivity contribution in [1.29, 1.82) is 0 Å². The van der Waals surface area contributed by atoms with Crippen molar-refractivity contribution in [3.63, 3.8) is 0 Å². The number of fused-ring (bicyclic) bond motifs is 3. The number of alkyl halides is 1. The maximum Gasteiger partial charge on any atom is 0.345 e. The minimum atomic E-state index is -0.952. The highest BCUT2D eigenvalue weighted by Gasteiger charge is 2.49. The molecule has 2 aromatic carbocycles. The van der Waals surface area contributed by atoms with Crippen LogP contribution in [0.3, 0.4) is 0 Å². The molecule has 5 aromatic rings. The van der Waals surface area contributed by atoms with Gasteiger partial charge in [0.15, 0.2) is 12.6 Å². The van der Waals surface area contributed by atoms with E-state index >= 15 is 8.78 Å². The maximum absolute atomic E-state index is 17.3. The number of pyridine rings is 1. The van der Waals surface area contributed by atoms with Crippen molar-refractivity contribution >= 4 is 33.5 Å². The number of halogens is 3. The number of methoxy groups -OCH3 is 1. The smallest absolute Gasteiger partial charge is 0.345 e. The Morgan fingerprint density at radius 2 is 1.85 bits per heavy atom. The highest BCUT2D eigenvalue weighted by molar-refractivity contribution is 6.02. The number of anilines is 1. The van der Waals surface area contributed by atoms with Crippen LogP contribution in [0.1, 0.15) is 51.3 Å². The van der Waals surface area contributed by atoms with E-state index in [0.29, 0.717) is 71.3 Å². The topological polar surface area (TPSA) is 111 Å². The van der Waals surface area contributed by atoms with E-state index in [9.17, 15) is 9.18 Å². The first-order valence-corrected chi connectivity index (χ1v) is 18.9. The van der Waals surface area contributed by atoms with Crippen molar-refractivity contribution in [2.24, 2.45) is 0 Å². The lowest BCUT2D eigenvalue weighted by Gasteiger charge is -2.44. The number of ether oxygens (including phenoxy) is 3. The molecule has 0 aliphatic carbocycles. The summed E-state index contributed by atoms with van der Waals surface area (Å²) in [5.74, 6) is -0.349. The van der Waals surface area contributed by atoms with E-state index in [0.717, 1.165) is 25.1 Å². The Hall–Kier alpha value is -5.02. The minimum absolute atomic E-state index is 0.0304. The second-order valence-electron chi connectivity index (χ2n) is 15.1. The Morgan fingerprint density at radius 3 is 2.58 bits per heavy atom. The zero-order chi connectivity index (χ0) is 38.6. The summed E-state index contributed by atoms with van der Waals surface area (Å²) in [5, 5.41) is 5.84. The molecule has 0 bridgehead atoms. The molecular weight excluding hydrogens is 713 g/mol. The van der Waals surface area contributed by atoms with E-state index in [2.05, 4.69) is 20.0 Å². The highest BCUT2D eigenvalue weighted by Crippen LogP contribution is 2.42. The molecule has 0 unspecified atom stereocenters. The van der Waals surface area contributed by atoms with E-state index in [1.807, 2.05) is 32.6 Å². The van der Waals surface area contributed by atoms with Gasteiger partial charge in [-0.15, -0.1) is 0 Å². The van der Waals surface area contributed by atoms with E-state index in [-0.39, 0.29) is 48.7 Å². The first-order chi connectivity index (χ1) is 26.5. The monoisotopic (exact) mass is 758 g/mol. The van der Waals surface area contributed by atoms with E-state index in [1.165, 1.54) is 24.1 Å². The largest absolute Gasteiger partial charge is 0.468 e. The summed E-state index contributed by atoms with van der Waals surface area (Å²) < 4.78 is 65.9. The van der Waals surface area contributed by atoms with Crippen LogP contribution in [0, 0.1) is 18.6 Å². The zero-order valence-electron chi connectivity index (χ0n) is 31.7. The molecule has 0 radical (unpaired) electrons. The van der Waals surface area contributed by atoms with Gasteiger partial charge >= 0.3 is 12.0 Å². The molecular formula is C40H45F3N8O4. The van der Waals surface area contributed by atoms with Gasteiger partial charge in [-0.2, -0.15) is 19.7 Å². The number of aromatic nitrogens is 5. The van der Waals surface area contributed by atoms with E-state index in [1.54, 1.807) is 35.4 Å². The summed E-state index contributed by atoms with van der Waals surface area (Å²) in [6, 6.07) is 7.37. The second-order valence-corrected chi connectivity index (χ2v) is 15.1. The molecule has 0 spiro atoms. The Labute approximate surface area is 317 Å². The molecule has 1 amide bonds. The van der Waals surface area contributed by atoms with Gasteiger partial charge in [0.1, 0.15) is 41.4 Å². The number of carbonyl (C=O) groups excluding carboxylic acids is 1. The Kier molecular flexibility index (Phi) is 9.78. The number of hydrogen-bond donors (Lipinski definition) is 0. The number of aryl methyl sites for hydroxylation is 2. The SMILES string of the molecule is CCc1c(F)ccc2cc(OCOC)cc(-c3ncc4c(N5C[C@@H](C)N(C(=O)n6ccc(C)n6)[C@@H](C)C5)nc(OC[C@@]56CCCN5C[C@H](F)C6)nc4c3F)c12. The van der Waals surface area contributed by atoms with Crippen LogP contribution >= 0.6 is 0 Å². The fourth-order valence-corrected chi connectivity index (χ4v) is 8.91. The summed E-state index contributed by atoms with van der Waals surface area (Å²) in [6.45, 7) is 9.56. The quantitative estimate of drug-likeness (QED) is 0.151. The third-order valence-corrected chi connectivity index (χ3v) is 11.3. The van der Waals surface area contributed by atoms with Gasteiger partial charge in [-0.3, -0.25) is 9.88 Å². The van der Waals surface area contributed by atoms with Gasteiger partial charge in [0.25, 0.3) is 0 Å². The molecule has 3 aliphatic heterocycles. The lowest BCUT2D eigenvalue weighted by molar-refractivity contribution is 0.0512. The molecule has 15 heteroatoms. The first kappa shape index (κ1) is 36.9. The fraction of sp³-hybridized carbons (Fsp3) is 0.475. The number of rotatable bonds is 9. The third-order valence-electron chi connectivity index (χ3n) is 11.3. The summed E-state index contributed by atoms with van der Waals surface area (Å²) in [7, 11) is 1.50. The lowest BCUT2D eigenvalue weighted by Crippen LogP contribution is -2.60. The van der Waals surface area contributed by atoms with Gasteiger partial charge in [-0.1, -0.05) is 13.0 Å². The van der Waals surface area contributed by atoms with Crippen molar-refractivity contribution in [2.45, 2.75) is 77.2 Å². The third kappa shape index (κ3) is 6.60. The first-order valence-electron chi connectivity index (χ1n) is 18.9. The van der Waals surface area contributed by atoms with Crippen molar-refractivity contribution in [1.82, 2.24) is 34.5 Å². The molecule has 290 valence electrons. The van der Waals surface area contributed by atoms with Crippen LogP contribution in [-0.2, 0) is 11.2 Å². The predicted octanol–water partition coefficient (Wildman–Crippen LogP) is 6.70. The molecule has 12 nitrogen and oxygen atoms in total. The van der Waals surface area contributed by atoms with E-state index in [4.69, 9.17) is 19.2 Å². The lowest BCUT2D eigenvalue weighted by atomic mass is 9.94. The molecule has 3 fully saturated rings. The van der Waals surface area contributed by atoms with Crippen LogP contribution in [-0.4, -0.2) is 111 Å². The molecule has 3 aliphatic rings. The summed E-state index contributed by atoms with van der Waals surface area (Å²) >= 11 is 0. The Bertz CT molecular complexity index is 2260. The number of carbonyl (C=O) groups is 1. The van der Waals surface area contributed by atoms with Crippen LogP contribution in [0.4, 0.5) is 23.8 Å². The van der Waals surface area contributed by atoms with Crippen LogP contribution in [0.5, 0.6) is 11.8 Å². The average molecular weight is 759 g/mol. The van der Waals surface area contributed by atoms with Gasteiger partial charge in [0.2, 0.25) is 0 Å². The average Bonchev–Trinajstić information content (AvgIpc) is 3.86. The molecule has 3 aromatic heterocycles. The Balaban J connectivity index is 1.24. The second kappa shape index (κ2) is 14.6. The van der Waals surface area contributed by atoms with Crippen molar-refractivity contribution in [2.75, 3.05) is 51.6 Å². The molecule has 55 heavy (non-hydrogen) atoms. The minimum Gasteiger partial charge on any atom is -0.468 e. The van der Waals surface area contributed by atoms with Gasteiger partial charge in [-0.05, 0) is 87.2 Å². The van der Waals surface area contributed by atoms with Crippen molar-refractivity contribution in [3.05, 3.63) is 65.6 Å². The van der Waals surface area contributed by atoms with E-state index < -0.39 is 23.3 Å². The molecule has 8 rings (SSSR count). The normalized spacial score (nSPS) is 22.9. The van der Waals surface area contributed by atoms with Gasteiger partial charge in [0.05, 0.1) is 16.6 Å². The molecule has 0 saturated carbocycles. The number of benzene rings is 2. The molecule has 4 atom stereocenters. The highest BCUT2D eigenvalue weighted by atomic mass is 19.1. The predicted molar refractivity (Wildman–Crippen MR) is 201 cm³/mol. The number of amides is 1. The Morgan fingerprint density at radius 1 is 1.05 bits per heavy atom.